The molecule has 0 bridgehead atoms. The Bertz CT molecular complexity index is 786. The average Bonchev–Trinajstić information content (AvgIpc) is 3.19. The summed E-state index contributed by atoms with van der Waals surface area (Å²) >= 11 is 0. The second kappa shape index (κ2) is 9.03. The number of nitrogens with two attached hydrogens (primary N) is 1. The van der Waals surface area contributed by atoms with E-state index in [1.54, 1.807) is 24.3 Å². The zero-order valence-electron chi connectivity index (χ0n) is 15.1. The number of rotatable bonds is 5. The standard InChI is InChI=1S/C19H23N3O4.ClH/c1-13-11-14(21-18(24)19(12-20)6-9-25-10-7-19)4-5-15(13)22-17(23)16-3-2-8-26-16;/h2-5,8,11H,6-7,9-10,12,20H2,1H3,(H,21,24)(H,22,23);1H. The Morgan fingerprint density at radius 2 is 1.93 bits per heavy atom. The summed E-state index contributed by atoms with van der Waals surface area (Å²) in [7, 11) is 0. The molecule has 8 heteroatoms. The lowest BCUT2D eigenvalue weighted by Gasteiger charge is -2.34. The van der Waals surface area contributed by atoms with Gasteiger partial charge in [0.05, 0.1) is 11.7 Å². The molecule has 2 amide bonds. The molecule has 1 aromatic heterocycles. The maximum Gasteiger partial charge on any atom is 0.291 e. The molecule has 1 aliphatic rings. The number of hydrogen-bond donors (Lipinski definition) is 3. The van der Waals surface area contributed by atoms with Crippen molar-refractivity contribution in [3.8, 4) is 0 Å². The minimum Gasteiger partial charge on any atom is -0.459 e. The number of hydrogen-bond acceptors (Lipinski definition) is 5. The molecule has 7 nitrogen and oxygen atoms in total. The molecule has 27 heavy (non-hydrogen) atoms. The Morgan fingerprint density at radius 3 is 2.52 bits per heavy atom. The van der Waals surface area contributed by atoms with Gasteiger partial charge in [0, 0.05) is 31.1 Å². The highest BCUT2D eigenvalue weighted by molar-refractivity contribution is 6.03. The average molecular weight is 394 g/mol. The summed E-state index contributed by atoms with van der Waals surface area (Å²) in [4.78, 5) is 24.8. The predicted molar refractivity (Wildman–Crippen MR) is 105 cm³/mol. The topological polar surface area (TPSA) is 107 Å². The van der Waals surface area contributed by atoms with Gasteiger partial charge in [-0.3, -0.25) is 9.59 Å². The van der Waals surface area contributed by atoms with Gasteiger partial charge in [-0.15, -0.1) is 12.4 Å². The van der Waals surface area contributed by atoms with Gasteiger partial charge < -0.3 is 25.5 Å². The van der Waals surface area contributed by atoms with E-state index in [1.165, 1.54) is 6.26 Å². The van der Waals surface area contributed by atoms with Crippen molar-refractivity contribution in [3.63, 3.8) is 0 Å². The molecule has 0 aliphatic carbocycles. The summed E-state index contributed by atoms with van der Waals surface area (Å²) in [5.41, 5.74) is 7.45. The summed E-state index contributed by atoms with van der Waals surface area (Å²) in [5.74, 6) is -0.166. The zero-order valence-corrected chi connectivity index (χ0v) is 15.9. The lowest BCUT2D eigenvalue weighted by atomic mass is 9.79. The molecule has 1 aromatic carbocycles. The van der Waals surface area contributed by atoms with Crippen LogP contribution in [0, 0.1) is 12.3 Å². The van der Waals surface area contributed by atoms with E-state index in [-0.39, 0.29) is 30.0 Å². The van der Waals surface area contributed by atoms with Crippen molar-refractivity contribution < 1.29 is 18.7 Å². The van der Waals surface area contributed by atoms with E-state index in [9.17, 15) is 9.59 Å². The molecule has 1 fully saturated rings. The Hall–Kier alpha value is -2.35. The predicted octanol–water partition coefficient (Wildman–Crippen LogP) is 2.96. The van der Waals surface area contributed by atoms with Crippen LogP contribution in [-0.4, -0.2) is 31.6 Å². The Kier molecular flexibility index (Phi) is 7.01. The lowest BCUT2D eigenvalue weighted by Crippen LogP contribution is -2.46. The van der Waals surface area contributed by atoms with Crippen molar-refractivity contribution in [2.45, 2.75) is 19.8 Å². The smallest absolute Gasteiger partial charge is 0.291 e. The second-order valence-electron chi connectivity index (χ2n) is 6.51. The van der Waals surface area contributed by atoms with E-state index >= 15 is 0 Å². The molecule has 3 rings (SSSR count). The normalized spacial score (nSPS) is 15.5. The van der Waals surface area contributed by atoms with Crippen molar-refractivity contribution >= 4 is 35.6 Å². The van der Waals surface area contributed by atoms with Crippen molar-refractivity contribution in [2.75, 3.05) is 30.4 Å². The lowest BCUT2D eigenvalue weighted by molar-refractivity contribution is -0.130. The van der Waals surface area contributed by atoms with E-state index in [0.29, 0.717) is 44.0 Å². The first-order valence-corrected chi connectivity index (χ1v) is 8.59. The molecule has 146 valence electrons. The second-order valence-corrected chi connectivity index (χ2v) is 6.51. The fourth-order valence-electron chi connectivity index (χ4n) is 3.02. The SMILES string of the molecule is Cc1cc(NC(=O)C2(CN)CCOCC2)ccc1NC(=O)c1ccco1.Cl. The summed E-state index contributed by atoms with van der Waals surface area (Å²) in [6.07, 6.45) is 2.68. The fraction of sp³-hybridized carbons (Fsp3) is 0.368. The third-order valence-electron chi connectivity index (χ3n) is 4.80. The molecule has 0 unspecified atom stereocenters. The number of nitrogens with one attached hydrogen (secondary N) is 2. The van der Waals surface area contributed by atoms with Crippen LogP contribution in [0.4, 0.5) is 11.4 Å². The van der Waals surface area contributed by atoms with Crippen LogP contribution in [0.15, 0.2) is 41.0 Å². The first-order valence-electron chi connectivity index (χ1n) is 8.59. The van der Waals surface area contributed by atoms with Crippen LogP contribution in [0.25, 0.3) is 0 Å². The molecule has 4 N–H and O–H groups in total. The minimum atomic E-state index is -0.585. The molecule has 2 aromatic rings. The van der Waals surface area contributed by atoms with Crippen LogP contribution in [0.2, 0.25) is 0 Å². The molecule has 0 atom stereocenters. The van der Waals surface area contributed by atoms with Crippen LogP contribution in [0.5, 0.6) is 0 Å². The number of ether oxygens (including phenoxy) is 1. The maximum atomic E-state index is 12.7. The number of carbonyl (C=O) groups excluding carboxylic acids is 2. The summed E-state index contributed by atoms with van der Waals surface area (Å²) in [5, 5.41) is 5.74. The van der Waals surface area contributed by atoms with Gasteiger partial charge >= 0.3 is 0 Å². The van der Waals surface area contributed by atoms with Gasteiger partial charge in [0.1, 0.15) is 0 Å². The van der Waals surface area contributed by atoms with E-state index in [2.05, 4.69) is 10.6 Å². The Balaban J connectivity index is 0.00000261. The maximum absolute atomic E-state index is 12.7. The number of aryl methyl sites for hydroxylation is 1. The number of amides is 2. The van der Waals surface area contributed by atoms with Crippen molar-refractivity contribution in [1.82, 2.24) is 0 Å². The minimum absolute atomic E-state index is 0. The van der Waals surface area contributed by atoms with Crippen LogP contribution in [0.3, 0.4) is 0 Å². The van der Waals surface area contributed by atoms with Crippen molar-refractivity contribution in [1.29, 1.82) is 0 Å². The van der Waals surface area contributed by atoms with Crippen molar-refractivity contribution in [3.05, 3.63) is 47.9 Å². The fourth-order valence-corrected chi connectivity index (χ4v) is 3.02. The number of halogens is 1. The number of furan rings is 1. The molecule has 2 heterocycles. The third kappa shape index (κ3) is 4.68. The first kappa shape index (κ1) is 21.0. The number of carbonyl (C=O) groups is 2. The largest absolute Gasteiger partial charge is 0.459 e. The highest BCUT2D eigenvalue weighted by Crippen LogP contribution is 2.31. The van der Waals surface area contributed by atoms with E-state index < -0.39 is 5.41 Å². The summed E-state index contributed by atoms with van der Waals surface area (Å²) in [6.45, 7) is 3.24. The molecule has 0 radical (unpaired) electrons. The van der Waals surface area contributed by atoms with Crippen molar-refractivity contribution in [2.24, 2.45) is 11.1 Å². The van der Waals surface area contributed by atoms with Gasteiger partial charge in [-0.05, 0) is 55.7 Å². The van der Waals surface area contributed by atoms with Crippen LogP contribution in [0.1, 0.15) is 29.0 Å². The van der Waals surface area contributed by atoms with Crippen LogP contribution in [-0.2, 0) is 9.53 Å². The van der Waals surface area contributed by atoms with Gasteiger partial charge in [0.15, 0.2) is 5.76 Å². The quantitative estimate of drug-likeness (QED) is 0.724. The van der Waals surface area contributed by atoms with Gasteiger partial charge in [-0.25, -0.2) is 0 Å². The third-order valence-corrected chi connectivity index (χ3v) is 4.80. The first-order chi connectivity index (χ1) is 12.5. The highest BCUT2D eigenvalue weighted by atomic mass is 35.5. The molecule has 0 saturated carbocycles. The Morgan fingerprint density at radius 1 is 1.19 bits per heavy atom. The van der Waals surface area contributed by atoms with Gasteiger partial charge in [-0.1, -0.05) is 0 Å². The summed E-state index contributed by atoms with van der Waals surface area (Å²) < 4.78 is 10.4. The molecule has 0 spiro atoms. The number of benzene rings is 1. The van der Waals surface area contributed by atoms with Gasteiger partial charge in [-0.2, -0.15) is 0 Å². The highest BCUT2D eigenvalue weighted by Gasteiger charge is 2.38. The van der Waals surface area contributed by atoms with E-state index in [0.717, 1.165) is 5.56 Å². The summed E-state index contributed by atoms with van der Waals surface area (Å²) in [6, 6.07) is 8.58. The van der Waals surface area contributed by atoms with E-state index in [1.807, 2.05) is 13.0 Å². The number of anilines is 2. The monoisotopic (exact) mass is 393 g/mol. The van der Waals surface area contributed by atoms with Gasteiger partial charge in [0.2, 0.25) is 5.91 Å². The molecular formula is C19H24ClN3O4. The van der Waals surface area contributed by atoms with E-state index in [4.69, 9.17) is 14.9 Å². The molecule has 1 saturated heterocycles. The zero-order chi connectivity index (χ0) is 18.6. The molecule has 1 aliphatic heterocycles. The van der Waals surface area contributed by atoms with Gasteiger partial charge in [0.25, 0.3) is 5.91 Å². The molecular weight excluding hydrogens is 370 g/mol. The Labute approximate surface area is 164 Å². The van der Waals surface area contributed by atoms with Crippen LogP contribution < -0.4 is 16.4 Å². The van der Waals surface area contributed by atoms with Crippen LogP contribution >= 0.6 is 12.4 Å².